The van der Waals surface area contributed by atoms with Gasteiger partial charge in [-0.1, -0.05) is 6.42 Å². The molecule has 1 saturated heterocycles. The number of sulfonamides is 1. The number of nitrogens with one attached hydrogen (secondary N) is 1. The molecule has 4 rings (SSSR count). The van der Waals surface area contributed by atoms with Gasteiger partial charge in [0.05, 0.1) is 23.8 Å². The van der Waals surface area contributed by atoms with Crippen molar-refractivity contribution in [1.82, 2.24) is 19.2 Å². The average Bonchev–Trinajstić information content (AvgIpc) is 2.95. The van der Waals surface area contributed by atoms with Gasteiger partial charge in [0.25, 0.3) is 0 Å². The van der Waals surface area contributed by atoms with E-state index in [0.717, 1.165) is 30.7 Å². The number of rotatable bonds is 2. The quantitative estimate of drug-likeness (QED) is 0.855. The van der Waals surface area contributed by atoms with Crippen LogP contribution in [0.1, 0.15) is 43.5 Å². The maximum absolute atomic E-state index is 12.5. The molecule has 3 heterocycles. The summed E-state index contributed by atoms with van der Waals surface area (Å²) in [4.78, 5) is 22.0. The lowest BCUT2D eigenvalue weighted by Crippen LogP contribution is -2.59. The van der Waals surface area contributed by atoms with Crippen molar-refractivity contribution in [3.8, 4) is 0 Å². The lowest BCUT2D eigenvalue weighted by molar-refractivity contribution is -0.140. The van der Waals surface area contributed by atoms with Gasteiger partial charge in [0.15, 0.2) is 0 Å². The van der Waals surface area contributed by atoms with Crippen LogP contribution < -0.4 is 0 Å². The van der Waals surface area contributed by atoms with Crippen molar-refractivity contribution in [3.63, 3.8) is 0 Å². The van der Waals surface area contributed by atoms with Crippen LogP contribution in [-0.2, 0) is 26.8 Å². The number of piperidine rings is 1. The molecule has 1 amide bonds. The Kier molecular flexibility index (Phi) is 3.72. The minimum atomic E-state index is -3.33. The van der Waals surface area contributed by atoms with Gasteiger partial charge >= 0.3 is 0 Å². The molecule has 7 nitrogen and oxygen atoms in total. The Morgan fingerprint density at radius 2 is 2.00 bits per heavy atom. The van der Waals surface area contributed by atoms with E-state index >= 15 is 0 Å². The highest BCUT2D eigenvalue weighted by molar-refractivity contribution is 7.88. The predicted molar refractivity (Wildman–Crippen MR) is 88.7 cm³/mol. The first-order chi connectivity index (χ1) is 11.4. The normalized spacial score (nSPS) is 24.6. The van der Waals surface area contributed by atoms with Gasteiger partial charge in [0.1, 0.15) is 0 Å². The highest BCUT2D eigenvalue weighted by Crippen LogP contribution is 2.44. The highest BCUT2D eigenvalue weighted by Gasteiger charge is 2.51. The van der Waals surface area contributed by atoms with Gasteiger partial charge in [-0.15, -0.1) is 0 Å². The Bertz CT molecular complexity index is 745. The molecule has 2 fully saturated rings. The topological polar surface area (TPSA) is 86.4 Å². The van der Waals surface area contributed by atoms with Gasteiger partial charge in [-0.25, -0.2) is 13.4 Å². The molecule has 1 aromatic heterocycles. The fraction of sp³-hybridized carbons (Fsp3) is 0.750. The molecule has 3 aliphatic rings. The molecule has 24 heavy (non-hydrogen) atoms. The summed E-state index contributed by atoms with van der Waals surface area (Å²) in [7, 11) is -3.33. The molecule has 1 aliphatic carbocycles. The van der Waals surface area contributed by atoms with Crippen molar-refractivity contribution < 1.29 is 13.2 Å². The smallest absolute Gasteiger partial charge is 0.225 e. The number of H-pyrrole nitrogens is 1. The zero-order chi connectivity index (χ0) is 16.9. The highest BCUT2D eigenvalue weighted by atomic mass is 32.2. The van der Waals surface area contributed by atoms with Gasteiger partial charge in [-0.3, -0.25) is 4.79 Å². The zero-order valence-corrected chi connectivity index (χ0v) is 14.8. The predicted octanol–water partition coefficient (Wildman–Crippen LogP) is 0.845. The second-order valence-electron chi connectivity index (χ2n) is 7.30. The molecule has 0 radical (unpaired) electrons. The Morgan fingerprint density at radius 3 is 2.58 bits per heavy atom. The minimum Gasteiger partial charge on any atom is -0.348 e. The maximum atomic E-state index is 12.5. The standard InChI is InChI=1S/C16H24N4O3S/c1-24(22,23)20-8-5-13-14(18-11-17-13)16(20)6-9-19(10-7-16)15(21)12-3-2-4-12/h11-12H,2-10H2,1H3,(H,17,18). The molecule has 1 aromatic rings. The van der Waals surface area contributed by atoms with E-state index in [-0.39, 0.29) is 11.8 Å². The van der Waals surface area contributed by atoms with E-state index in [1.807, 2.05) is 4.90 Å². The monoisotopic (exact) mass is 352 g/mol. The molecule has 1 spiro atoms. The van der Waals surface area contributed by atoms with Crippen molar-refractivity contribution in [1.29, 1.82) is 0 Å². The number of nitrogens with zero attached hydrogens (tertiary/aromatic N) is 3. The number of hydrogen-bond donors (Lipinski definition) is 1. The van der Waals surface area contributed by atoms with Crippen LogP contribution in [0.25, 0.3) is 0 Å². The molecule has 8 heteroatoms. The summed E-state index contributed by atoms with van der Waals surface area (Å²) in [6, 6.07) is 0. The molecular weight excluding hydrogens is 328 g/mol. The van der Waals surface area contributed by atoms with E-state index in [2.05, 4.69) is 9.97 Å². The molecule has 2 aliphatic heterocycles. The van der Waals surface area contributed by atoms with Crippen LogP contribution in [0.3, 0.4) is 0 Å². The van der Waals surface area contributed by atoms with Gasteiger partial charge in [-0.05, 0) is 25.7 Å². The molecule has 0 unspecified atom stereocenters. The lowest BCUT2D eigenvalue weighted by atomic mass is 9.79. The third kappa shape index (κ3) is 2.38. The van der Waals surface area contributed by atoms with Crippen molar-refractivity contribution >= 4 is 15.9 Å². The molecule has 1 N–H and O–H groups in total. The van der Waals surface area contributed by atoms with Crippen LogP contribution >= 0.6 is 0 Å². The van der Waals surface area contributed by atoms with Gasteiger partial charge in [0, 0.05) is 37.7 Å². The fourth-order valence-corrected chi connectivity index (χ4v) is 5.76. The number of hydrogen-bond acceptors (Lipinski definition) is 4. The molecule has 0 bridgehead atoms. The zero-order valence-electron chi connectivity index (χ0n) is 14.0. The summed E-state index contributed by atoms with van der Waals surface area (Å²) in [5.74, 6) is 0.442. The van der Waals surface area contributed by atoms with Gasteiger partial charge < -0.3 is 9.88 Å². The van der Waals surface area contributed by atoms with E-state index in [4.69, 9.17) is 0 Å². The lowest BCUT2D eigenvalue weighted by Gasteiger charge is -2.49. The summed E-state index contributed by atoms with van der Waals surface area (Å²) >= 11 is 0. The second kappa shape index (κ2) is 5.56. The molecule has 1 saturated carbocycles. The van der Waals surface area contributed by atoms with E-state index in [9.17, 15) is 13.2 Å². The van der Waals surface area contributed by atoms with Crippen LogP contribution in [0.5, 0.6) is 0 Å². The number of carbonyl (C=O) groups is 1. The van der Waals surface area contributed by atoms with Gasteiger partial charge in [-0.2, -0.15) is 4.31 Å². The minimum absolute atomic E-state index is 0.192. The summed E-state index contributed by atoms with van der Waals surface area (Å²) in [6.45, 7) is 1.69. The first kappa shape index (κ1) is 16.1. The van der Waals surface area contributed by atoms with Crippen LogP contribution in [0.4, 0.5) is 0 Å². The number of fused-ring (bicyclic) bond motifs is 2. The number of imidazole rings is 1. The Balaban J connectivity index is 1.62. The van der Waals surface area contributed by atoms with Crippen molar-refractivity contribution in [2.24, 2.45) is 5.92 Å². The fourth-order valence-electron chi connectivity index (χ4n) is 4.44. The third-order valence-electron chi connectivity index (χ3n) is 5.96. The Morgan fingerprint density at radius 1 is 1.29 bits per heavy atom. The summed E-state index contributed by atoms with van der Waals surface area (Å²) < 4.78 is 26.4. The van der Waals surface area contributed by atoms with Crippen LogP contribution in [0.15, 0.2) is 6.33 Å². The number of likely N-dealkylation sites (tertiary alicyclic amines) is 1. The van der Waals surface area contributed by atoms with Crippen molar-refractivity contribution in [3.05, 3.63) is 17.7 Å². The molecule has 0 atom stereocenters. The SMILES string of the molecule is CS(=O)(=O)N1CCc2[nH]cnc2C12CCN(C(=O)C1CCC1)CC2. The summed E-state index contributed by atoms with van der Waals surface area (Å²) in [5, 5.41) is 0. The first-order valence-electron chi connectivity index (χ1n) is 8.71. The van der Waals surface area contributed by atoms with E-state index in [0.29, 0.717) is 38.9 Å². The van der Waals surface area contributed by atoms with Crippen LogP contribution in [-0.4, -0.2) is 59.4 Å². The van der Waals surface area contributed by atoms with Crippen LogP contribution in [0, 0.1) is 5.92 Å². The first-order valence-corrected chi connectivity index (χ1v) is 10.6. The maximum Gasteiger partial charge on any atom is 0.225 e. The van der Waals surface area contributed by atoms with Crippen molar-refractivity contribution in [2.45, 2.75) is 44.1 Å². The number of amides is 1. The van der Waals surface area contributed by atoms with Gasteiger partial charge in [0.2, 0.25) is 15.9 Å². The van der Waals surface area contributed by atoms with E-state index < -0.39 is 15.6 Å². The summed E-state index contributed by atoms with van der Waals surface area (Å²) in [6.07, 6.45) is 7.98. The van der Waals surface area contributed by atoms with E-state index in [1.54, 1.807) is 10.6 Å². The molecular formula is C16H24N4O3S. The Labute approximate surface area is 142 Å². The average molecular weight is 352 g/mol. The van der Waals surface area contributed by atoms with E-state index in [1.165, 1.54) is 6.26 Å². The number of aromatic nitrogens is 2. The number of aromatic amines is 1. The molecule has 132 valence electrons. The summed E-state index contributed by atoms with van der Waals surface area (Å²) in [5.41, 5.74) is 1.29. The van der Waals surface area contributed by atoms with Crippen LogP contribution in [0.2, 0.25) is 0 Å². The molecule has 0 aromatic carbocycles. The largest absolute Gasteiger partial charge is 0.348 e. The van der Waals surface area contributed by atoms with Crippen molar-refractivity contribution in [2.75, 3.05) is 25.9 Å². The second-order valence-corrected chi connectivity index (χ2v) is 9.21. The number of carbonyl (C=O) groups excluding carboxylic acids is 1. The third-order valence-corrected chi connectivity index (χ3v) is 7.29. The Hall–Kier alpha value is -1.41.